The van der Waals surface area contributed by atoms with Gasteiger partial charge in [0.25, 0.3) is 0 Å². The van der Waals surface area contributed by atoms with Crippen molar-refractivity contribution in [2.24, 2.45) is 0 Å². The molecule has 0 spiro atoms. The van der Waals surface area contributed by atoms with E-state index >= 15 is 0 Å². The Kier molecular flexibility index (Phi) is 3.70. The molecule has 2 atom stereocenters. The second kappa shape index (κ2) is 4.26. The van der Waals surface area contributed by atoms with Crippen molar-refractivity contribution >= 4 is 14.4 Å². The van der Waals surface area contributed by atoms with E-state index in [1.807, 2.05) is 0 Å². The molecule has 0 aromatic heterocycles. The summed E-state index contributed by atoms with van der Waals surface area (Å²) in [7, 11) is -1.83. The summed E-state index contributed by atoms with van der Waals surface area (Å²) < 4.78 is 0. The minimum Gasteiger partial charge on any atom is -0.392 e. The van der Waals surface area contributed by atoms with Gasteiger partial charge in [0.2, 0.25) is 0 Å². The van der Waals surface area contributed by atoms with Crippen LogP contribution in [-0.4, -0.2) is 25.6 Å². The minimum atomic E-state index is -1.83. The second-order valence-corrected chi connectivity index (χ2v) is 12.5. The zero-order valence-electron chi connectivity index (χ0n) is 11.4. The van der Waals surface area contributed by atoms with Crippen molar-refractivity contribution in [1.29, 1.82) is 0 Å². The van der Waals surface area contributed by atoms with Gasteiger partial charge in [-0.1, -0.05) is 41.5 Å². The molecule has 2 unspecified atom stereocenters. The Morgan fingerprint density at radius 2 is 1.44 bits per heavy atom. The van der Waals surface area contributed by atoms with Crippen LogP contribution in [0.4, 0.5) is 0 Å². The van der Waals surface area contributed by atoms with E-state index in [2.05, 4.69) is 41.5 Å². The summed E-state index contributed by atoms with van der Waals surface area (Å²) in [5.74, 6) is 0. The van der Waals surface area contributed by atoms with Gasteiger partial charge in [-0.05, 0) is 23.0 Å². The average Bonchev–Trinajstić information content (AvgIpc) is 2.77. The number of carbonyl (C=O) groups is 1. The fourth-order valence-electron chi connectivity index (χ4n) is 4.57. The highest BCUT2D eigenvalue weighted by Crippen LogP contribution is 2.68. The van der Waals surface area contributed by atoms with Gasteiger partial charge in [0.05, 0.1) is 14.2 Å². The molecule has 1 rings (SSSR count). The molecule has 0 amide bonds. The van der Waals surface area contributed by atoms with E-state index in [0.29, 0.717) is 23.0 Å². The Morgan fingerprint density at radius 1 is 1.12 bits per heavy atom. The molecule has 0 saturated heterocycles. The summed E-state index contributed by atoms with van der Waals surface area (Å²) in [6, 6.07) is 0. The number of carbonyl (C=O) groups excluding carboxylic acids is 1. The lowest BCUT2D eigenvalue weighted by molar-refractivity contribution is -0.109. The van der Waals surface area contributed by atoms with Gasteiger partial charge < -0.3 is 9.90 Å². The molecule has 0 heterocycles. The highest BCUT2D eigenvalue weighted by atomic mass is 28.3. The van der Waals surface area contributed by atoms with Crippen molar-refractivity contribution in [2.45, 2.75) is 75.7 Å². The lowest BCUT2D eigenvalue weighted by atomic mass is 10.4. The molecule has 3 heteroatoms. The van der Waals surface area contributed by atoms with Crippen molar-refractivity contribution in [3.63, 3.8) is 0 Å². The number of hydrogen-bond acceptors (Lipinski definition) is 2. The molecule has 0 radical (unpaired) electrons. The van der Waals surface area contributed by atoms with Crippen LogP contribution in [0.3, 0.4) is 0 Å². The first-order valence-corrected chi connectivity index (χ1v) is 8.65. The van der Waals surface area contributed by atoms with Crippen molar-refractivity contribution < 1.29 is 9.90 Å². The highest BCUT2D eigenvalue weighted by molar-refractivity contribution is 6.89. The van der Waals surface area contributed by atoms with Gasteiger partial charge >= 0.3 is 0 Å². The first-order valence-electron chi connectivity index (χ1n) is 6.41. The Bertz CT molecular complexity index is 251. The van der Waals surface area contributed by atoms with Gasteiger partial charge in [-0.25, -0.2) is 0 Å². The zero-order valence-corrected chi connectivity index (χ0v) is 12.4. The predicted molar refractivity (Wildman–Crippen MR) is 70.4 cm³/mol. The van der Waals surface area contributed by atoms with Gasteiger partial charge in [0.15, 0.2) is 0 Å². The smallest absolute Gasteiger partial charge is 0.126 e. The van der Waals surface area contributed by atoms with Crippen molar-refractivity contribution in [2.75, 3.05) is 0 Å². The fraction of sp³-hybridized carbons (Fsp3) is 0.923. The van der Waals surface area contributed by atoms with Gasteiger partial charge in [0.1, 0.15) is 6.29 Å². The van der Waals surface area contributed by atoms with E-state index in [-0.39, 0.29) is 11.1 Å². The van der Waals surface area contributed by atoms with Crippen molar-refractivity contribution in [3.8, 4) is 0 Å². The van der Waals surface area contributed by atoms with E-state index < -0.39 is 8.07 Å². The van der Waals surface area contributed by atoms with E-state index in [0.717, 1.165) is 6.29 Å². The Balaban J connectivity index is 3.28. The number of aliphatic hydroxyl groups is 1. The van der Waals surface area contributed by atoms with Gasteiger partial charge in [-0.3, -0.25) is 0 Å². The van der Waals surface area contributed by atoms with Crippen LogP contribution in [0.2, 0.25) is 21.7 Å². The van der Waals surface area contributed by atoms with E-state index in [4.69, 9.17) is 0 Å². The first kappa shape index (κ1) is 13.9. The number of rotatable bonds is 5. The lowest BCUT2D eigenvalue weighted by Gasteiger charge is -2.47. The summed E-state index contributed by atoms with van der Waals surface area (Å²) in [5.41, 5.74) is 1.61. The minimum absolute atomic E-state index is 0.358. The summed E-state index contributed by atoms with van der Waals surface area (Å²) in [6.45, 7) is 13.4. The van der Waals surface area contributed by atoms with Gasteiger partial charge in [0, 0.05) is 5.04 Å². The molecule has 0 aromatic rings. The molecule has 16 heavy (non-hydrogen) atoms. The van der Waals surface area contributed by atoms with E-state index in [9.17, 15) is 9.90 Å². The molecule has 0 bridgehead atoms. The van der Waals surface area contributed by atoms with Gasteiger partial charge in [-0.2, -0.15) is 0 Å². The largest absolute Gasteiger partial charge is 0.392 e. The van der Waals surface area contributed by atoms with Crippen LogP contribution in [0.1, 0.15) is 48.0 Å². The quantitative estimate of drug-likeness (QED) is 0.593. The predicted octanol–water partition coefficient (Wildman–Crippen LogP) is 3.37. The molecule has 1 aliphatic carbocycles. The van der Waals surface area contributed by atoms with Crippen LogP contribution < -0.4 is 0 Å². The topological polar surface area (TPSA) is 37.3 Å². The number of hydrogen-bond donors (Lipinski definition) is 1. The monoisotopic (exact) mass is 242 g/mol. The third kappa shape index (κ3) is 1.51. The zero-order chi connectivity index (χ0) is 12.7. The molecular weight excluding hydrogens is 216 g/mol. The number of aldehydes is 1. The standard InChI is InChI=1S/C13H26O2Si/c1-9(2)16(10(3)4,11(5)6)13(8-14)7-12(13)15/h8-12,15H,7H2,1-6H3. The summed E-state index contributed by atoms with van der Waals surface area (Å²) in [6.07, 6.45) is 1.42. The fourth-order valence-corrected chi connectivity index (χ4v) is 13.1. The van der Waals surface area contributed by atoms with Crippen LogP contribution >= 0.6 is 0 Å². The maximum atomic E-state index is 11.5. The maximum absolute atomic E-state index is 11.5. The third-order valence-corrected chi connectivity index (χ3v) is 12.8. The average molecular weight is 242 g/mol. The lowest BCUT2D eigenvalue weighted by Crippen LogP contribution is -2.52. The van der Waals surface area contributed by atoms with Crippen LogP contribution in [0, 0.1) is 0 Å². The van der Waals surface area contributed by atoms with Crippen LogP contribution in [0.15, 0.2) is 0 Å². The molecule has 0 aromatic carbocycles. The molecule has 1 saturated carbocycles. The second-order valence-electron chi connectivity index (χ2n) is 6.28. The van der Waals surface area contributed by atoms with Crippen LogP contribution in [0.25, 0.3) is 0 Å². The van der Waals surface area contributed by atoms with Crippen LogP contribution in [0.5, 0.6) is 0 Å². The van der Waals surface area contributed by atoms with E-state index in [1.165, 1.54) is 0 Å². The van der Waals surface area contributed by atoms with Gasteiger partial charge in [-0.15, -0.1) is 0 Å². The normalized spacial score (nSPS) is 30.2. The highest BCUT2D eigenvalue weighted by Gasteiger charge is 2.70. The molecule has 1 fully saturated rings. The number of aliphatic hydroxyl groups excluding tert-OH is 1. The summed E-state index contributed by atoms with van der Waals surface area (Å²) in [5, 5.41) is 9.61. The molecule has 1 aliphatic rings. The molecule has 2 nitrogen and oxygen atoms in total. The van der Waals surface area contributed by atoms with E-state index in [1.54, 1.807) is 0 Å². The summed E-state index contributed by atoms with van der Waals surface area (Å²) >= 11 is 0. The molecular formula is C13H26O2Si. The SMILES string of the molecule is CC(C)[Si](C(C)C)(C(C)C)C1(C=O)CC1O. The van der Waals surface area contributed by atoms with Crippen molar-refractivity contribution in [3.05, 3.63) is 0 Å². The molecule has 1 N–H and O–H groups in total. The third-order valence-electron chi connectivity index (χ3n) is 4.85. The Labute approximate surface area is 100 Å². The van der Waals surface area contributed by atoms with Crippen molar-refractivity contribution in [1.82, 2.24) is 0 Å². The molecule has 94 valence electrons. The Hall–Kier alpha value is -0.153. The maximum Gasteiger partial charge on any atom is 0.126 e. The molecule has 0 aliphatic heterocycles. The van der Waals surface area contributed by atoms with Crippen LogP contribution in [-0.2, 0) is 4.79 Å². The Morgan fingerprint density at radius 3 is 1.50 bits per heavy atom. The first-order chi connectivity index (χ1) is 7.27. The summed E-state index contributed by atoms with van der Waals surface area (Å²) in [4.78, 5) is 11.5.